The maximum Gasteiger partial charge on any atom is 0.233 e. The molecule has 128 valence electrons. The fraction of sp³-hybridized carbons (Fsp3) is 0.529. The Morgan fingerprint density at radius 1 is 1.38 bits per heavy atom. The van der Waals surface area contributed by atoms with Gasteiger partial charge in [-0.15, -0.1) is 0 Å². The average Bonchev–Trinajstić information content (AvgIpc) is 3.11. The summed E-state index contributed by atoms with van der Waals surface area (Å²) in [5.41, 5.74) is 1.11. The molecule has 4 rings (SSSR count). The number of benzene rings is 1. The van der Waals surface area contributed by atoms with Gasteiger partial charge in [-0.2, -0.15) is 4.98 Å². The van der Waals surface area contributed by atoms with Gasteiger partial charge in [0, 0.05) is 19.6 Å². The molecule has 2 aromatic rings. The number of nitrogens with zero attached hydrogens (tertiary/aromatic N) is 3. The van der Waals surface area contributed by atoms with Gasteiger partial charge >= 0.3 is 0 Å². The Hall–Kier alpha value is -2.12. The molecule has 3 heterocycles. The van der Waals surface area contributed by atoms with E-state index in [-0.39, 0.29) is 12.0 Å². The van der Waals surface area contributed by atoms with Crippen molar-refractivity contribution in [2.45, 2.75) is 18.4 Å². The molecule has 1 N–H and O–H groups in total. The van der Waals surface area contributed by atoms with Crippen molar-refractivity contribution in [2.24, 2.45) is 0 Å². The van der Waals surface area contributed by atoms with Crippen LogP contribution in [-0.2, 0) is 6.42 Å². The van der Waals surface area contributed by atoms with Crippen LogP contribution in [0.2, 0.25) is 0 Å². The largest absolute Gasteiger partial charge is 0.497 e. The zero-order valence-corrected chi connectivity index (χ0v) is 14.0. The van der Waals surface area contributed by atoms with Crippen LogP contribution in [0.25, 0.3) is 0 Å². The number of likely N-dealkylation sites (N-methyl/N-ethyl adjacent to an activating group) is 1. The molecule has 0 radical (unpaired) electrons. The third kappa shape index (κ3) is 2.85. The first kappa shape index (κ1) is 15.4. The van der Waals surface area contributed by atoms with Crippen molar-refractivity contribution in [1.82, 2.24) is 20.4 Å². The summed E-state index contributed by atoms with van der Waals surface area (Å²) in [5.74, 6) is 3.21. The van der Waals surface area contributed by atoms with Crippen molar-refractivity contribution in [1.29, 1.82) is 0 Å². The number of hydrogen-bond acceptors (Lipinski definition) is 7. The minimum atomic E-state index is 0.0766. The lowest BCUT2D eigenvalue weighted by Crippen LogP contribution is -2.44. The van der Waals surface area contributed by atoms with E-state index >= 15 is 0 Å². The number of piperazine rings is 1. The van der Waals surface area contributed by atoms with E-state index in [0.29, 0.717) is 12.5 Å². The molecule has 0 saturated carbocycles. The molecule has 1 aromatic heterocycles. The van der Waals surface area contributed by atoms with E-state index in [1.54, 1.807) is 7.11 Å². The van der Waals surface area contributed by atoms with Gasteiger partial charge < -0.3 is 19.3 Å². The second-order valence-corrected chi connectivity index (χ2v) is 6.38. The maximum atomic E-state index is 5.86. The minimum Gasteiger partial charge on any atom is -0.497 e. The number of ether oxygens (including phenoxy) is 2. The second-order valence-electron chi connectivity index (χ2n) is 6.38. The molecular formula is C17H22N4O3. The lowest BCUT2D eigenvalue weighted by Gasteiger charge is -2.30. The van der Waals surface area contributed by atoms with Crippen molar-refractivity contribution < 1.29 is 14.0 Å². The number of hydrogen-bond donors (Lipinski definition) is 1. The summed E-state index contributed by atoms with van der Waals surface area (Å²) < 4.78 is 16.7. The normalized spacial score (nSPS) is 24.2. The van der Waals surface area contributed by atoms with Crippen LogP contribution in [-0.4, -0.2) is 55.4 Å². The van der Waals surface area contributed by atoms with Gasteiger partial charge in [-0.3, -0.25) is 4.90 Å². The number of aromatic nitrogens is 2. The first-order valence-electron chi connectivity index (χ1n) is 8.29. The molecule has 1 aromatic carbocycles. The fourth-order valence-corrected chi connectivity index (χ4v) is 3.30. The highest BCUT2D eigenvalue weighted by molar-refractivity contribution is 5.42. The van der Waals surface area contributed by atoms with Gasteiger partial charge in [0.2, 0.25) is 5.89 Å². The third-order valence-electron chi connectivity index (χ3n) is 4.79. The summed E-state index contributed by atoms with van der Waals surface area (Å²) in [7, 11) is 3.76. The Kier molecular flexibility index (Phi) is 4.12. The standard InChI is InChI=1S/C17H22N4O3/c1-21-6-5-18-9-14(21)16-19-17(24-20-16)12-7-11-8-13(22-2)3-4-15(11)23-10-12/h3-4,8,12,14,18H,5-7,9-10H2,1-2H3. The Morgan fingerprint density at radius 3 is 3.12 bits per heavy atom. The topological polar surface area (TPSA) is 72.7 Å². The molecule has 0 aliphatic carbocycles. The van der Waals surface area contributed by atoms with Crippen LogP contribution in [0.15, 0.2) is 22.7 Å². The quantitative estimate of drug-likeness (QED) is 0.911. The summed E-state index contributed by atoms with van der Waals surface area (Å²) in [4.78, 5) is 6.91. The first-order valence-corrected chi connectivity index (χ1v) is 8.29. The highest BCUT2D eigenvalue weighted by Gasteiger charge is 2.30. The molecule has 1 fully saturated rings. The van der Waals surface area contributed by atoms with Crippen LogP contribution >= 0.6 is 0 Å². The maximum absolute atomic E-state index is 5.86. The number of methoxy groups -OCH3 is 1. The van der Waals surface area contributed by atoms with Gasteiger partial charge in [0.15, 0.2) is 5.82 Å². The summed E-state index contributed by atoms with van der Waals surface area (Å²) in [6.07, 6.45) is 0.812. The molecule has 0 amide bonds. The van der Waals surface area contributed by atoms with E-state index in [2.05, 4.69) is 27.4 Å². The van der Waals surface area contributed by atoms with Crippen LogP contribution in [0.1, 0.15) is 29.2 Å². The van der Waals surface area contributed by atoms with E-state index in [1.807, 2.05) is 18.2 Å². The Labute approximate surface area is 140 Å². The average molecular weight is 330 g/mol. The SMILES string of the molecule is COc1ccc2c(c1)CC(c1nc(C3CNCCN3C)no1)CO2. The van der Waals surface area contributed by atoms with Gasteiger partial charge in [-0.05, 0) is 37.2 Å². The van der Waals surface area contributed by atoms with Gasteiger partial charge in [0.1, 0.15) is 18.1 Å². The lowest BCUT2D eigenvalue weighted by atomic mass is 9.96. The monoisotopic (exact) mass is 330 g/mol. The first-order chi connectivity index (χ1) is 11.7. The highest BCUT2D eigenvalue weighted by atomic mass is 16.5. The van der Waals surface area contributed by atoms with Crippen molar-refractivity contribution in [3.05, 3.63) is 35.5 Å². The van der Waals surface area contributed by atoms with E-state index in [0.717, 1.165) is 48.9 Å². The van der Waals surface area contributed by atoms with Gasteiger partial charge in [0.25, 0.3) is 0 Å². The number of rotatable bonds is 3. The molecule has 2 unspecified atom stereocenters. The third-order valence-corrected chi connectivity index (χ3v) is 4.79. The zero-order valence-electron chi connectivity index (χ0n) is 14.0. The van der Waals surface area contributed by atoms with Crippen molar-refractivity contribution >= 4 is 0 Å². The second kappa shape index (κ2) is 6.41. The van der Waals surface area contributed by atoms with E-state index in [9.17, 15) is 0 Å². The fourth-order valence-electron chi connectivity index (χ4n) is 3.30. The number of fused-ring (bicyclic) bond motifs is 1. The summed E-state index contributed by atoms with van der Waals surface area (Å²) in [6, 6.07) is 6.04. The van der Waals surface area contributed by atoms with E-state index in [1.165, 1.54) is 0 Å². The minimum absolute atomic E-state index is 0.0766. The molecule has 2 aliphatic heterocycles. The smallest absolute Gasteiger partial charge is 0.233 e. The Morgan fingerprint density at radius 2 is 2.29 bits per heavy atom. The molecule has 0 bridgehead atoms. The van der Waals surface area contributed by atoms with Crippen LogP contribution in [0, 0.1) is 0 Å². The van der Waals surface area contributed by atoms with Gasteiger partial charge in [-0.1, -0.05) is 5.16 Å². The molecule has 2 atom stereocenters. The van der Waals surface area contributed by atoms with E-state index in [4.69, 9.17) is 14.0 Å². The van der Waals surface area contributed by atoms with Crippen LogP contribution in [0.5, 0.6) is 11.5 Å². The molecule has 7 heteroatoms. The van der Waals surface area contributed by atoms with Crippen molar-refractivity contribution in [3.63, 3.8) is 0 Å². The molecule has 1 saturated heterocycles. The Balaban J connectivity index is 1.52. The predicted molar refractivity (Wildman–Crippen MR) is 87.5 cm³/mol. The summed E-state index contributed by atoms with van der Waals surface area (Å²) in [6.45, 7) is 3.37. The van der Waals surface area contributed by atoms with Crippen LogP contribution < -0.4 is 14.8 Å². The zero-order chi connectivity index (χ0) is 16.5. The van der Waals surface area contributed by atoms with Crippen molar-refractivity contribution in [3.8, 4) is 11.5 Å². The molecule has 2 aliphatic rings. The van der Waals surface area contributed by atoms with Crippen LogP contribution in [0.3, 0.4) is 0 Å². The summed E-state index contributed by atoms with van der Waals surface area (Å²) in [5, 5.41) is 7.58. The molecular weight excluding hydrogens is 308 g/mol. The lowest BCUT2D eigenvalue weighted by molar-refractivity contribution is 0.189. The Bertz CT molecular complexity index is 718. The number of nitrogens with one attached hydrogen (secondary N) is 1. The van der Waals surface area contributed by atoms with Crippen molar-refractivity contribution in [2.75, 3.05) is 40.4 Å². The predicted octanol–water partition coefficient (Wildman–Crippen LogP) is 1.37. The van der Waals surface area contributed by atoms with Crippen LogP contribution in [0.4, 0.5) is 0 Å². The molecule has 7 nitrogen and oxygen atoms in total. The molecule has 24 heavy (non-hydrogen) atoms. The highest BCUT2D eigenvalue weighted by Crippen LogP contribution is 2.34. The molecule has 0 spiro atoms. The van der Waals surface area contributed by atoms with Gasteiger partial charge in [-0.25, -0.2) is 0 Å². The summed E-state index contributed by atoms with van der Waals surface area (Å²) >= 11 is 0. The van der Waals surface area contributed by atoms with E-state index < -0.39 is 0 Å². The van der Waals surface area contributed by atoms with Gasteiger partial charge in [0.05, 0.1) is 19.1 Å².